The van der Waals surface area contributed by atoms with E-state index in [0.717, 1.165) is 6.07 Å². The van der Waals surface area contributed by atoms with Crippen LogP contribution in [0, 0.1) is 26.9 Å². The van der Waals surface area contributed by atoms with Crippen molar-refractivity contribution in [1.82, 2.24) is 0 Å². The molecule has 0 spiro atoms. The molecule has 0 bridgehead atoms. The zero-order chi connectivity index (χ0) is 17.1. The molecule has 0 heterocycles. The number of rotatable bonds is 4. The lowest BCUT2D eigenvalue weighted by atomic mass is 9.85. The van der Waals surface area contributed by atoms with Crippen LogP contribution in [0.1, 0.15) is 26.3 Å². The second-order valence-electron chi connectivity index (χ2n) is 5.52. The van der Waals surface area contributed by atoms with Crippen LogP contribution in [-0.4, -0.2) is 17.8 Å². The first-order valence-electron chi connectivity index (χ1n) is 6.31. The Hall–Kier alpha value is -2.39. The average molecular weight is 323 g/mol. The van der Waals surface area contributed by atoms with Crippen molar-refractivity contribution >= 4 is 28.8 Å². The van der Waals surface area contributed by atoms with Gasteiger partial charge in [0.05, 0.1) is 17.6 Å². The van der Waals surface area contributed by atoms with Crippen molar-refractivity contribution in [2.75, 3.05) is 7.11 Å². The molecule has 0 aromatic heterocycles. The van der Waals surface area contributed by atoms with Gasteiger partial charge in [-0.05, 0) is 12.1 Å². The van der Waals surface area contributed by atoms with Crippen molar-refractivity contribution in [3.8, 4) is 6.07 Å². The van der Waals surface area contributed by atoms with E-state index < -0.39 is 16.1 Å². The van der Waals surface area contributed by atoms with Crippen molar-refractivity contribution in [1.29, 1.82) is 5.26 Å². The van der Waals surface area contributed by atoms with E-state index in [9.17, 15) is 20.2 Å². The van der Waals surface area contributed by atoms with E-state index in [1.54, 1.807) is 26.8 Å². The fraction of sp³-hybridized carbons (Fsp3) is 0.333. The standard InChI is InChI=1S/C15H15ClN2O4/c1-15(2,3)14(19)11(8-17)13(22-4)10-6-5-9(16)7-12(10)18(20)21/h5-7H,1-4H3. The van der Waals surface area contributed by atoms with Gasteiger partial charge in [0.15, 0.2) is 11.5 Å². The summed E-state index contributed by atoms with van der Waals surface area (Å²) in [5.41, 5.74) is -1.39. The molecule has 6 nitrogen and oxygen atoms in total. The van der Waals surface area contributed by atoms with Gasteiger partial charge < -0.3 is 4.74 Å². The van der Waals surface area contributed by atoms with Crippen LogP contribution in [0.5, 0.6) is 0 Å². The van der Waals surface area contributed by atoms with Crippen molar-refractivity contribution < 1.29 is 14.5 Å². The molecule has 0 amide bonds. The molecule has 1 aromatic rings. The van der Waals surface area contributed by atoms with Crippen LogP contribution in [0.4, 0.5) is 5.69 Å². The molecule has 0 saturated heterocycles. The Balaban J connectivity index is 3.68. The van der Waals surface area contributed by atoms with Gasteiger partial charge in [-0.15, -0.1) is 0 Å². The van der Waals surface area contributed by atoms with Gasteiger partial charge in [-0.2, -0.15) is 5.26 Å². The first-order valence-corrected chi connectivity index (χ1v) is 6.68. The minimum Gasteiger partial charge on any atom is -0.494 e. The second kappa shape index (κ2) is 6.58. The summed E-state index contributed by atoms with van der Waals surface area (Å²) >= 11 is 5.76. The molecule has 0 atom stereocenters. The normalized spacial score (nSPS) is 12.2. The number of halogens is 1. The second-order valence-corrected chi connectivity index (χ2v) is 5.95. The van der Waals surface area contributed by atoms with Crippen LogP contribution in [0.2, 0.25) is 5.02 Å². The zero-order valence-electron chi connectivity index (χ0n) is 12.6. The number of ketones is 1. The lowest BCUT2D eigenvalue weighted by Gasteiger charge is -2.18. The quantitative estimate of drug-likeness (QED) is 0.277. The number of allylic oxidation sites excluding steroid dienone is 1. The largest absolute Gasteiger partial charge is 0.494 e. The molecule has 1 rings (SSSR count). The van der Waals surface area contributed by atoms with Gasteiger partial charge in [0.1, 0.15) is 11.6 Å². The van der Waals surface area contributed by atoms with E-state index in [1.807, 2.05) is 0 Å². The third kappa shape index (κ3) is 3.62. The number of nitro groups is 1. The number of nitrogens with zero attached hydrogens (tertiary/aromatic N) is 2. The molecule has 1 aromatic carbocycles. The Morgan fingerprint density at radius 3 is 2.41 bits per heavy atom. The number of ether oxygens (including phenoxy) is 1. The summed E-state index contributed by atoms with van der Waals surface area (Å²) in [5.74, 6) is -0.595. The molecule has 0 unspecified atom stereocenters. The number of hydrogen-bond donors (Lipinski definition) is 0. The highest BCUT2D eigenvalue weighted by Crippen LogP contribution is 2.33. The summed E-state index contributed by atoms with van der Waals surface area (Å²) in [7, 11) is 1.25. The summed E-state index contributed by atoms with van der Waals surface area (Å²) in [6.45, 7) is 4.95. The summed E-state index contributed by atoms with van der Waals surface area (Å²) in [5, 5.41) is 20.6. The van der Waals surface area contributed by atoms with Crippen molar-refractivity contribution in [2.24, 2.45) is 5.41 Å². The predicted molar refractivity (Wildman–Crippen MR) is 82.1 cm³/mol. The highest BCUT2D eigenvalue weighted by atomic mass is 35.5. The minimum absolute atomic E-state index is 0.0334. The third-order valence-electron chi connectivity index (χ3n) is 2.85. The van der Waals surface area contributed by atoms with Crippen molar-refractivity contribution in [3.05, 3.63) is 44.5 Å². The van der Waals surface area contributed by atoms with E-state index in [2.05, 4.69) is 0 Å². The molecule has 0 aliphatic heterocycles. The molecule has 0 saturated carbocycles. The van der Waals surface area contributed by atoms with Gasteiger partial charge in [0.2, 0.25) is 0 Å². The Labute approximate surface area is 133 Å². The van der Waals surface area contributed by atoms with Crippen molar-refractivity contribution in [3.63, 3.8) is 0 Å². The SMILES string of the molecule is COC(=C(C#N)C(=O)C(C)(C)C)c1ccc(Cl)cc1[N+](=O)[O-]. The molecule has 0 fully saturated rings. The molecule has 116 valence electrons. The summed E-state index contributed by atoms with van der Waals surface area (Å²) < 4.78 is 5.13. The Morgan fingerprint density at radius 2 is 2.00 bits per heavy atom. The Kier molecular flexibility index (Phi) is 5.28. The molecule has 7 heteroatoms. The van der Waals surface area contributed by atoms with Crippen LogP contribution in [0.25, 0.3) is 5.76 Å². The number of nitriles is 1. The minimum atomic E-state index is -0.823. The Morgan fingerprint density at radius 1 is 1.41 bits per heavy atom. The number of nitro benzene ring substituents is 1. The van der Waals surface area contributed by atoms with Crippen LogP contribution < -0.4 is 0 Å². The van der Waals surface area contributed by atoms with Crippen LogP contribution in [0.15, 0.2) is 23.8 Å². The van der Waals surface area contributed by atoms with Gasteiger partial charge in [-0.25, -0.2) is 0 Å². The van der Waals surface area contributed by atoms with E-state index >= 15 is 0 Å². The van der Waals surface area contributed by atoms with Gasteiger partial charge in [0.25, 0.3) is 5.69 Å². The average Bonchev–Trinajstić information content (AvgIpc) is 2.43. The molecule has 0 aliphatic rings. The molecule has 22 heavy (non-hydrogen) atoms. The monoisotopic (exact) mass is 322 g/mol. The lowest BCUT2D eigenvalue weighted by Crippen LogP contribution is -2.22. The molecule has 0 N–H and O–H groups in total. The van der Waals surface area contributed by atoms with E-state index in [0.29, 0.717) is 0 Å². The first kappa shape index (κ1) is 17.7. The fourth-order valence-corrected chi connectivity index (χ4v) is 1.94. The molecule has 0 aliphatic carbocycles. The topological polar surface area (TPSA) is 93.2 Å². The van der Waals surface area contributed by atoms with Crippen LogP contribution >= 0.6 is 11.6 Å². The van der Waals surface area contributed by atoms with E-state index in [1.165, 1.54) is 19.2 Å². The highest BCUT2D eigenvalue weighted by molar-refractivity contribution is 6.30. The number of benzene rings is 1. The molecule has 0 radical (unpaired) electrons. The third-order valence-corrected chi connectivity index (χ3v) is 3.09. The summed E-state index contributed by atoms with van der Waals surface area (Å²) in [4.78, 5) is 22.9. The maximum atomic E-state index is 12.4. The molecular formula is C15H15ClN2O4. The highest BCUT2D eigenvalue weighted by Gasteiger charge is 2.31. The van der Waals surface area contributed by atoms with E-state index in [-0.39, 0.29) is 27.6 Å². The van der Waals surface area contributed by atoms with Crippen LogP contribution in [-0.2, 0) is 9.53 Å². The first-order chi connectivity index (χ1) is 10.1. The van der Waals surface area contributed by atoms with Crippen molar-refractivity contribution in [2.45, 2.75) is 20.8 Å². The number of carbonyl (C=O) groups is 1. The fourth-order valence-electron chi connectivity index (χ4n) is 1.77. The number of Topliss-reactive ketones (excluding diaryl/α,β-unsaturated/α-hetero) is 1. The summed E-state index contributed by atoms with van der Waals surface area (Å²) in [6.07, 6.45) is 0. The maximum Gasteiger partial charge on any atom is 0.281 e. The van der Waals surface area contributed by atoms with E-state index in [4.69, 9.17) is 16.3 Å². The maximum absolute atomic E-state index is 12.4. The molecular weight excluding hydrogens is 308 g/mol. The number of carbonyl (C=O) groups excluding carboxylic acids is 1. The lowest BCUT2D eigenvalue weighted by molar-refractivity contribution is -0.385. The Bertz CT molecular complexity index is 696. The number of hydrogen-bond acceptors (Lipinski definition) is 5. The summed E-state index contributed by atoms with van der Waals surface area (Å²) in [6, 6.07) is 5.72. The van der Waals surface area contributed by atoms with Gasteiger partial charge in [0, 0.05) is 16.5 Å². The predicted octanol–water partition coefficient (Wildman–Crippen LogP) is 3.74. The number of methoxy groups -OCH3 is 1. The van der Waals surface area contributed by atoms with Gasteiger partial charge >= 0.3 is 0 Å². The smallest absolute Gasteiger partial charge is 0.281 e. The zero-order valence-corrected chi connectivity index (χ0v) is 13.4. The van der Waals surface area contributed by atoms with Gasteiger partial charge in [-0.1, -0.05) is 32.4 Å². The van der Waals surface area contributed by atoms with Crippen LogP contribution in [0.3, 0.4) is 0 Å². The van der Waals surface area contributed by atoms with Gasteiger partial charge in [-0.3, -0.25) is 14.9 Å².